The Morgan fingerprint density at radius 3 is 2.44 bits per heavy atom. The van der Waals surface area contributed by atoms with Gasteiger partial charge in [0.1, 0.15) is 33.8 Å². The molecule has 0 fully saturated rings. The predicted molar refractivity (Wildman–Crippen MR) is 176 cm³/mol. The Balaban J connectivity index is 1.64. The van der Waals surface area contributed by atoms with Crippen molar-refractivity contribution in [3.63, 3.8) is 0 Å². The largest absolute Gasteiger partial charge is 0.587 e. The minimum atomic E-state index is -1.68. The van der Waals surface area contributed by atoms with Crippen LogP contribution in [0.5, 0.6) is 0 Å². The Kier molecular flexibility index (Phi) is 8.15. The second kappa shape index (κ2) is 12.0. The average molecular weight is 624 g/mol. The van der Waals surface area contributed by atoms with Gasteiger partial charge < -0.3 is 9.45 Å². The van der Waals surface area contributed by atoms with E-state index in [4.69, 9.17) is 11.6 Å². The molecule has 0 radical (unpaired) electrons. The SMILES string of the molecule is Cc1ccc([S+]([O-])n2c(-c3cccc(-c4ccc(CN(C)C)cc4Cl)c3)c(-c3ccsc3C#N)c3cc(F)ccc32)cc1. The van der Waals surface area contributed by atoms with Crippen LogP contribution in [0.2, 0.25) is 5.02 Å². The van der Waals surface area contributed by atoms with Crippen LogP contribution in [-0.2, 0) is 17.9 Å². The smallest absolute Gasteiger partial charge is 0.180 e. The first-order valence-corrected chi connectivity index (χ1v) is 16.0. The van der Waals surface area contributed by atoms with Crippen molar-refractivity contribution in [3.8, 4) is 39.6 Å². The van der Waals surface area contributed by atoms with E-state index in [1.165, 1.54) is 23.5 Å². The molecule has 0 aliphatic rings. The van der Waals surface area contributed by atoms with Crippen LogP contribution < -0.4 is 0 Å². The van der Waals surface area contributed by atoms with Crippen molar-refractivity contribution in [2.45, 2.75) is 18.4 Å². The Bertz CT molecular complexity index is 2010. The highest BCUT2D eigenvalue weighted by atomic mass is 35.5. The maximum atomic E-state index is 14.8. The third-order valence-electron chi connectivity index (χ3n) is 7.29. The maximum Gasteiger partial charge on any atom is 0.180 e. The van der Waals surface area contributed by atoms with Crippen LogP contribution in [0.1, 0.15) is 16.0 Å². The van der Waals surface area contributed by atoms with E-state index in [0.717, 1.165) is 34.4 Å². The molecule has 1 unspecified atom stereocenters. The van der Waals surface area contributed by atoms with Crippen LogP contribution in [0.4, 0.5) is 4.39 Å². The molecule has 0 bridgehead atoms. The van der Waals surface area contributed by atoms with Gasteiger partial charge >= 0.3 is 0 Å². The van der Waals surface area contributed by atoms with E-state index in [1.54, 1.807) is 10.0 Å². The molecule has 2 heterocycles. The monoisotopic (exact) mass is 623 g/mol. The van der Waals surface area contributed by atoms with Crippen molar-refractivity contribution < 1.29 is 8.94 Å². The first kappa shape index (κ1) is 29.2. The third kappa shape index (κ3) is 5.61. The van der Waals surface area contributed by atoms with Crippen LogP contribution in [0.15, 0.2) is 101 Å². The van der Waals surface area contributed by atoms with Crippen molar-refractivity contribution in [2.75, 3.05) is 14.1 Å². The molecule has 4 nitrogen and oxygen atoms in total. The molecular weight excluding hydrogens is 597 g/mol. The molecule has 4 aromatic carbocycles. The van der Waals surface area contributed by atoms with Crippen molar-refractivity contribution in [2.24, 2.45) is 0 Å². The lowest BCUT2D eigenvalue weighted by atomic mass is 9.96. The summed E-state index contributed by atoms with van der Waals surface area (Å²) in [4.78, 5) is 3.20. The number of fused-ring (bicyclic) bond motifs is 1. The highest BCUT2D eigenvalue weighted by Gasteiger charge is 2.30. The molecular formula is C35H27ClFN3OS2. The zero-order valence-corrected chi connectivity index (χ0v) is 26.2. The van der Waals surface area contributed by atoms with Gasteiger partial charge in [-0.15, -0.1) is 11.3 Å². The molecule has 0 spiro atoms. The van der Waals surface area contributed by atoms with Gasteiger partial charge in [0, 0.05) is 39.2 Å². The van der Waals surface area contributed by atoms with Gasteiger partial charge in [-0.1, -0.05) is 59.6 Å². The summed E-state index contributed by atoms with van der Waals surface area (Å²) in [5.41, 5.74) is 7.27. The summed E-state index contributed by atoms with van der Waals surface area (Å²) >= 11 is 6.45. The van der Waals surface area contributed by atoms with Crippen LogP contribution in [0.3, 0.4) is 0 Å². The summed E-state index contributed by atoms with van der Waals surface area (Å²) in [6.45, 7) is 2.75. The fourth-order valence-corrected chi connectivity index (χ4v) is 7.67. The van der Waals surface area contributed by atoms with Crippen LogP contribution in [-0.4, -0.2) is 27.5 Å². The first-order chi connectivity index (χ1) is 20.7. The van der Waals surface area contributed by atoms with Gasteiger partial charge in [-0.25, -0.2) is 4.39 Å². The molecule has 6 aromatic rings. The average Bonchev–Trinajstić information content (AvgIpc) is 3.59. The number of rotatable bonds is 7. The van der Waals surface area contributed by atoms with Gasteiger partial charge in [-0.05, 0) is 86.1 Å². The quantitative estimate of drug-likeness (QED) is 0.167. The van der Waals surface area contributed by atoms with Crippen molar-refractivity contribution >= 4 is 45.2 Å². The van der Waals surface area contributed by atoms with Crippen molar-refractivity contribution in [1.29, 1.82) is 5.26 Å². The molecule has 2 aromatic heterocycles. The van der Waals surface area contributed by atoms with E-state index in [2.05, 4.69) is 17.0 Å². The van der Waals surface area contributed by atoms with Gasteiger partial charge in [-0.2, -0.15) is 9.23 Å². The van der Waals surface area contributed by atoms with E-state index < -0.39 is 17.2 Å². The number of aryl methyl sites for hydroxylation is 1. The van der Waals surface area contributed by atoms with Gasteiger partial charge in [0.15, 0.2) is 4.90 Å². The molecule has 6 rings (SSSR count). The third-order valence-corrected chi connectivity index (χ3v) is 9.81. The number of hydrogen-bond acceptors (Lipinski definition) is 4. The topological polar surface area (TPSA) is 55.0 Å². The van der Waals surface area contributed by atoms with Gasteiger partial charge in [-0.3, -0.25) is 0 Å². The number of aromatic nitrogens is 1. The van der Waals surface area contributed by atoms with Crippen LogP contribution in [0.25, 0.3) is 44.4 Å². The molecule has 43 heavy (non-hydrogen) atoms. The highest BCUT2D eigenvalue weighted by Crippen LogP contribution is 2.46. The standard InChI is InChI=1S/C35H27ClFN3OS2/c1-22-7-11-27(12-8-22)43(41)40-32-14-10-26(37)19-30(32)34(29-15-16-42-33(29)20-38)35(40)25-6-4-5-24(18-25)28-13-9-23(17-31(28)36)21-39(2)3/h4-19H,21H2,1-3H3. The Morgan fingerprint density at radius 1 is 0.953 bits per heavy atom. The lowest BCUT2D eigenvalue weighted by molar-refractivity contribution is 0.402. The lowest BCUT2D eigenvalue weighted by Crippen LogP contribution is -2.14. The summed E-state index contributed by atoms with van der Waals surface area (Å²) < 4.78 is 31.0. The maximum absolute atomic E-state index is 14.8. The predicted octanol–water partition coefficient (Wildman–Crippen LogP) is 9.31. The molecule has 8 heteroatoms. The lowest BCUT2D eigenvalue weighted by Gasteiger charge is -2.17. The van der Waals surface area contributed by atoms with Gasteiger partial charge in [0.05, 0.1) is 5.52 Å². The number of nitriles is 1. The van der Waals surface area contributed by atoms with E-state index in [-0.39, 0.29) is 0 Å². The molecule has 0 saturated carbocycles. The van der Waals surface area contributed by atoms with Gasteiger partial charge in [0.25, 0.3) is 0 Å². The number of halogens is 2. The summed E-state index contributed by atoms with van der Waals surface area (Å²) in [5.74, 6) is -0.411. The van der Waals surface area contributed by atoms with E-state index in [1.807, 2.05) is 93.1 Å². The molecule has 0 saturated heterocycles. The summed E-state index contributed by atoms with van der Waals surface area (Å²) in [6, 6.07) is 30.2. The second-order valence-electron chi connectivity index (χ2n) is 10.6. The minimum Gasteiger partial charge on any atom is -0.587 e. The number of thiophene rings is 1. The van der Waals surface area contributed by atoms with Gasteiger partial charge in [0.2, 0.25) is 0 Å². The number of nitrogens with zero attached hydrogens (tertiary/aromatic N) is 3. The first-order valence-electron chi connectivity index (χ1n) is 13.6. The van der Waals surface area contributed by atoms with Crippen molar-refractivity contribution in [3.05, 3.63) is 123 Å². The molecule has 1 atom stereocenters. The van der Waals surface area contributed by atoms with Crippen molar-refractivity contribution in [1.82, 2.24) is 8.87 Å². The normalized spacial score (nSPS) is 12.1. The molecule has 214 valence electrons. The zero-order chi connectivity index (χ0) is 30.2. The Hall–Kier alpha value is -3.90. The summed E-state index contributed by atoms with van der Waals surface area (Å²) in [6.07, 6.45) is 0. The second-order valence-corrected chi connectivity index (χ2v) is 13.3. The molecule has 0 aliphatic carbocycles. The fourth-order valence-electron chi connectivity index (χ4n) is 5.38. The molecule has 0 aliphatic heterocycles. The molecule has 0 N–H and O–H groups in total. The van der Waals surface area contributed by atoms with Crippen LogP contribution >= 0.6 is 22.9 Å². The van der Waals surface area contributed by atoms with Crippen LogP contribution in [0, 0.1) is 24.1 Å². The van der Waals surface area contributed by atoms with E-state index in [0.29, 0.717) is 42.5 Å². The van der Waals surface area contributed by atoms with E-state index in [9.17, 15) is 14.2 Å². The minimum absolute atomic E-state index is 0.411. The highest BCUT2D eigenvalue weighted by molar-refractivity contribution is 7.90. The number of hydrogen-bond donors (Lipinski definition) is 0. The Labute approximate surface area is 262 Å². The fraction of sp³-hybridized carbons (Fsp3) is 0.114. The summed E-state index contributed by atoms with van der Waals surface area (Å²) in [5, 5.41) is 13.0. The zero-order valence-electron chi connectivity index (χ0n) is 23.8. The summed E-state index contributed by atoms with van der Waals surface area (Å²) in [7, 11) is 4.03. The Morgan fingerprint density at radius 2 is 1.72 bits per heavy atom. The number of benzene rings is 4. The molecule has 0 amide bonds. The van der Waals surface area contributed by atoms with E-state index >= 15 is 0 Å².